The molecule has 0 bridgehead atoms. The second-order valence-electron chi connectivity index (χ2n) is 3.25. The van der Waals surface area contributed by atoms with Crippen LogP contribution in [-0.2, 0) is 9.59 Å². The van der Waals surface area contributed by atoms with Crippen molar-refractivity contribution in [1.82, 2.24) is 0 Å². The molecule has 0 aliphatic rings. The van der Waals surface area contributed by atoms with Crippen molar-refractivity contribution in [3.63, 3.8) is 0 Å². The molecule has 0 spiro atoms. The van der Waals surface area contributed by atoms with E-state index in [0.29, 0.717) is 0 Å². The Hall–Kier alpha value is -2.04. The molecule has 0 aliphatic heterocycles. The molecule has 0 aromatic heterocycles. The Morgan fingerprint density at radius 2 is 1.26 bits per heavy atom. The second kappa shape index (κ2) is 9.94. The highest BCUT2D eigenvalue weighted by atomic mass is 19.4. The summed E-state index contributed by atoms with van der Waals surface area (Å²) in [6, 6.07) is -0.713. The lowest BCUT2D eigenvalue weighted by molar-refractivity contribution is -0.192. The third-order valence-electron chi connectivity index (χ3n) is 1.25. The predicted molar refractivity (Wildman–Crippen MR) is 56.4 cm³/mol. The smallest absolute Gasteiger partial charge is 0.480 e. The number of halogens is 3. The zero-order valence-corrected chi connectivity index (χ0v) is 10.0. The van der Waals surface area contributed by atoms with E-state index in [1.54, 1.807) is 13.8 Å². The first kappa shape index (κ1) is 22.2. The van der Waals surface area contributed by atoms with Gasteiger partial charge in [-0.15, -0.1) is 0 Å². The quantitative estimate of drug-likeness (QED) is 0.488. The van der Waals surface area contributed by atoms with Crippen LogP contribution in [0.5, 0.6) is 0 Å². The Balaban J connectivity index is -0.000000214. The first-order valence-corrected chi connectivity index (χ1v) is 4.50. The third-order valence-corrected chi connectivity index (χ3v) is 1.25. The largest absolute Gasteiger partial charge is 0.490 e. The molecule has 19 heavy (non-hydrogen) atoms. The van der Waals surface area contributed by atoms with E-state index in [4.69, 9.17) is 30.6 Å². The summed E-state index contributed by atoms with van der Waals surface area (Å²) in [6.45, 7) is 3.55. The first-order valence-electron chi connectivity index (χ1n) is 4.50. The topological polar surface area (TPSA) is 164 Å². The molecule has 0 aromatic rings. The van der Waals surface area contributed by atoms with Crippen molar-refractivity contribution in [2.75, 3.05) is 0 Å². The number of rotatable bonds is 2. The fraction of sp³-hybridized carbons (Fsp3) is 0.625. The Kier molecular flexibility index (Phi) is 11.6. The molecule has 0 saturated heterocycles. The van der Waals surface area contributed by atoms with Gasteiger partial charge < -0.3 is 26.8 Å². The molecular formula is C8H15F3N2O6. The Morgan fingerprint density at radius 3 is 1.26 bits per heavy atom. The number of carbonyl (C=O) groups is 3. The van der Waals surface area contributed by atoms with Crippen LogP contribution in [0, 0.1) is 5.92 Å². The van der Waals surface area contributed by atoms with Gasteiger partial charge in [0.25, 0.3) is 0 Å². The molecule has 11 heteroatoms. The SMILES string of the molecule is CC(C)[C@H](N)C(=O)O.NC(=O)O.O=C(O)C(F)(F)F. The number of hydrogen-bond donors (Lipinski definition) is 5. The standard InChI is InChI=1S/C5H11NO2.C2HF3O2.CH3NO2/c1-3(2)4(6)5(7)8;3-2(4,5)1(6)7;2-1(3)4/h3-4H,6H2,1-2H3,(H,7,8);(H,6,7);2H2,(H,3,4)/t4-;;/m0../s1. The van der Waals surface area contributed by atoms with E-state index < -0.39 is 30.2 Å². The van der Waals surface area contributed by atoms with Crippen molar-refractivity contribution in [3.05, 3.63) is 0 Å². The zero-order valence-electron chi connectivity index (χ0n) is 10.0. The fourth-order valence-electron chi connectivity index (χ4n) is 0.285. The third kappa shape index (κ3) is 21.7. The molecule has 7 N–H and O–H groups in total. The minimum Gasteiger partial charge on any atom is -0.480 e. The normalized spacial score (nSPS) is 11.3. The highest BCUT2D eigenvalue weighted by Gasteiger charge is 2.38. The molecule has 0 saturated carbocycles. The highest BCUT2D eigenvalue weighted by Crippen LogP contribution is 2.13. The number of primary amides is 1. The van der Waals surface area contributed by atoms with Gasteiger partial charge >= 0.3 is 24.2 Å². The van der Waals surface area contributed by atoms with Crippen LogP contribution in [0.15, 0.2) is 0 Å². The summed E-state index contributed by atoms with van der Waals surface area (Å²) >= 11 is 0. The summed E-state index contributed by atoms with van der Waals surface area (Å²) < 4.78 is 31.7. The maximum absolute atomic E-state index is 10.6. The summed E-state index contributed by atoms with van der Waals surface area (Å²) in [4.78, 5) is 27.7. The highest BCUT2D eigenvalue weighted by molar-refractivity contribution is 5.73. The number of amides is 1. The van der Waals surface area contributed by atoms with Gasteiger partial charge in [0, 0.05) is 0 Å². The molecule has 0 aliphatic carbocycles. The lowest BCUT2D eigenvalue weighted by atomic mass is 10.1. The van der Waals surface area contributed by atoms with Crippen LogP contribution < -0.4 is 11.5 Å². The summed E-state index contributed by atoms with van der Waals surface area (Å²) in [5.74, 6) is -3.67. The zero-order chi connectivity index (χ0) is 16.4. The van der Waals surface area contributed by atoms with Crippen molar-refractivity contribution < 1.29 is 42.9 Å². The molecule has 8 nitrogen and oxygen atoms in total. The number of aliphatic carboxylic acids is 2. The molecule has 114 valence electrons. The van der Waals surface area contributed by atoms with E-state index >= 15 is 0 Å². The minimum atomic E-state index is -5.08. The van der Waals surface area contributed by atoms with E-state index in [1.165, 1.54) is 0 Å². The van der Waals surface area contributed by atoms with E-state index in [0.717, 1.165) is 0 Å². The van der Waals surface area contributed by atoms with Crippen LogP contribution in [0.25, 0.3) is 0 Å². The van der Waals surface area contributed by atoms with Crippen LogP contribution in [0.4, 0.5) is 18.0 Å². The molecule has 0 heterocycles. The van der Waals surface area contributed by atoms with Gasteiger partial charge in [0.2, 0.25) is 0 Å². The Morgan fingerprint density at radius 1 is 1.05 bits per heavy atom. The first-order chi connectivity index (χ1) is 8.23. The maximum atomic E-state index is 10.6. The van der Waals surface area contributed by atoms with Crippen molar-refractivity contribution in [2.24, 2.45) is 17.4 Å². The van der Waals surface area contributed by atoms with Gasteiger partial charge in [0.1, 0.15) is 6.04 Å². The van der Waals surface area contributed by atoms with Crippen LogP contribution in [0.1, 0.15) is 13.8 Å². The molecule has 1 atom stereocenters. The van der Waals surface area contributed by atoms with Crippen LogP contribution in [-0.4, -0.2) is 45.6 Å². The van der Waals surface area contributed by atoms with Gasteiger partial charge in [0.05, 0.1) is 0 Å². The number of carboxylic acid groups (broad SMARTS) is 3. The van der Waals surface area contributed by atoms with Crippen molar-refractivity contribution in [2.45, 2.75) is 26.1 Å². The second-order valence-corrected chi connectivity index (χ2v) is 3.25. The van der Waals surface area contributed by atoms with Gasteiger partial charge in [-0.25, -0.2) is 9.59 Å². The molecule has 0 rings (SSSR count). The lowest BCUT2D eigenvalue weighted by Crippen LogP contribution is -2.34. The van der Waals surface area contributed by atoms with Gasteiger partial charge in [-0.2, -0.15) is 13.2 Å². The predicted octanol–water partition coefficient (Wildman–Crippen LogP) is 0.311. The van der Waals surface area contributed by atoms with E-state index in [1.807, 2.05) is 0 Å². The van der Waals surface area contributed by atoms with Crippen molar-refractivity contribution >= 4 is 18.0 Å². The molecule has 0 fully saturated rings. The average Bonchev–Trinajstić information content (AvgIpc) is 2.14. The summed E-state index contributed by atoms with van der Waals surface area (Å²) in [5.41, 5.74) is 9.19. The molecule has 0 aromatic carbocycles. The average molecular weight is 292 g/mol. The van der Waals surface area contributed by atoms with Crippen LogP contribution >= 0.6 is 0 Å². The summed E-state index contributed by atoms with van der Waals surface area (Å²) in [6.07, 6.45) is -6.42. The van der Waals surface area contributed by atoms with E-state index in [-0.39, 0.29) is 5.92 Å². The Bertz CT molecular complexity index is 301. The number of nitrogens with two attached hydrogens (primary N) is 2. The van der Waals surface area contributed by atoms with Gasteiger partial charge in [-0.3, -0.25) is 4.79 Å². The lowest BCUT2D eigenvalue weighted by Gasteiger charge is -2.07. The number of hydrogen-bond acceptors (Lipinski definition) is 4. The van der Waals surface area contributed by atoms with E-state index in [2.05, 4.69) is 5.73 Å². The molecule has 0 unspecified atom stereocenters. The minimum absolute atomic E-state index is 0.0208. The summed E-state index contributed by atoms with van der Waals surface area (Å²) in [5, 5.41) is 22.5. The van der Waals surface area contributed by atoms with Crippen molar-refractivity contribution in [1.29, 1.82) is 0 Å². The van der Waals surface area contributed by atoms with Crippen LogP contribution in [0.3, 0.4) is 0 Å². The van der Waals surface area contributed by atoms with Crippen molar-refractivity contribution in [3.8, 4) is 0 Å². The van der Waals surface area contributed by atoms with Gasteiger partial charge in [-0.05, 0) is 5.92 Å². The number of alkyl halides is 3. The monoisotopic (exact) mass is 292 g/mol. The summed E-state index contributed by atoms with van der Waals surface area (Å²) in [7, 11) is 0. The maximum Gasteiger partial charge on any atom is 0.490 e. The Labute approximate surface area is 105 Å². The fourth-order valence-corrected chi connectivity index (χ4v) is 0.285. The number of carboxylic acids is 2. The van der Waals surface area contributed by atoms with Gasteiger partial charge in [0.15, 0.2) is 0 Å². The van der Waals surface area contributed by atoms with Crippen LogP contribution in [0.2, 0.25) is 0 Å². The molecule has 0 radical (unpaired) electrons. The van der Waals surface area contributed by atoms with Gasteiger partial charge in [-0.1, -0.05) is 13.8 Å². The molecule has 1 amide bonds. The molecular weight excluding hydrogens is 277 g/mol. The van der Waals surface area contributed by atoms with E-state index in [9.17, 15) is 18.0 Å².